The van der Waals surface area contributed by atoms with Crippen molar-refractivity contribution in [1.82, 2.24) is 5.32 Å². The SMILES string of the molecule is CCCNC(C)(C(=O)OCC)C1CCCCC1. The van der Waals surface area contributed by atoms with Crippen LogP contribution < -0.4 is 5.32 Å². The summed E-state index contributed by atoms with van der Waals surface area (Å²) in [7, 11) is 0. The zero-order valence-corrected chi connectivity index (χ0v) is 11.6. The van der Waals surface area contributed by atoms with Gasteiger partial charge in [-0.1, -0.05) is 26.2 Å². The van der Waals surface area contributed by atoms with Crippen LogP contribution in [0.3, 0.4) is 0 Å². The van der Waals surface area contributed by atoms with Gasteiger partial charge in [0.05, 0.1) is 6.61 Å². The summed E-state index contributed by atoms with van der Waals surface area (Å²) < 4.78 is 5.26. The quantitative estimate of drug-likeness (QED) is 0.727. The van der Waals surface area contributed by atoms with Crippen LogP contribution in [0.25, 0.3) is 0 Å². The van der Waals surface area contributed by atoms with Gasteiger partial charge in [-0.05, 0) is 45.6 Å². The number of esters is 1. The van der Waals surface area contributed by atoms with E-state index in [2.05, 4.69) is 12.2 Å². The number of hydrogen-bond acceptors (Lipinski definition) is 3. The Labute approximate surface area is 105 Å². The smallest absolute Gasteiger partial charge is 0.326 e. The summed E-state index contributed by atoms with van der Waals surface area (Å²) in [5.41, 5.74) is -0.480. The number of carbonyl (C=O) groups is 1. The Morgan fingerprint density at radius 1 is 1.29 bits per heavy atom. The number of carbonyl (C=O) groups excluding carboxylic acids is 1. The lowest BCUT2D eigenvalue weighted by atomic mass is 9.75. The highest BCUT2D eigenvalue weighted by molar-refractivity contribution is 5.80. The predicted octanol–water partition coefficient (Wildman–Crippen LogP) is 2.89. The normalized spacial score (nSPS) is 20.9. The molecule has 0 saturated heterocycles. The molecule has 0 spiro atoms. The Bertz CT molecular complexity index is 236. The van der Waals surface area contributed by atoms with Crippen molar-refractivity contribution in [3.63, 3.8) is 0 Å². The van der Waals surface area contributed by atoms with E-state index in [1.54, 1.807) is 0 Å². The van der Waals surface area contributed by atoms with E-state index in [4.69, 9.17) is 4.74 Å². The Morgan fingerprint density at radius 2 is 1.94 bits per heavy atom. The molecule has 1 saturated carbocycles. The van der Waals surface area contributed by atoms with Crippen LogP contribution in [-0.2, 0) is 9.53 Å². The fourth-order valence-electron chi connectivity index (χ4n) is 2.73. The first-order valence-corrected chi connectivity index (χ1v) is 7.07. The van der Waals surface area contributed by atoms with Gasteiger partial charge >= 0.3 is 5.97 Å². The average molecular weight is 241 g/mol. The summed E-state index contributed by atoms with van der Waals surface area (Å²) in [4.78, 5) is 12.2. The van der Waals surface area contributed by atoms with Gasteiger partial charge in [-0.25, -0.2) is 0 Å². The molecule has 1 atom stereocenters. The molecule has 1 fully saturated rings. The Hall–Kier alpha value is -0.570. The summed E-state index contributed by atoms with van der Waals surface area (Å²) in [6, 6.07) is 0. The van der Waals surface area contributed by atoms with Gasteiger partial charge in [0.15, 0.2) is 0 Å². The van der Waals surface area contributed by atoms with E-state index in [9.17, 15) is 4.79 Å². The lowest BCUT2D eigenvalue weighted by Gasteiger charge is -2.38. The standard InChI is InChI=1S/C14H27NO2/c1-4-11-15-14(3,13(16)17-5-2)12-9-7-6-8-10-12/h12,15H,4-11H2,1-3H3. The molecule has 0 amide bonds. The molecule has 0 bridgehead atoms. The maximum absolute atomic E-state index is 12.2. The zero-order valence-electron chi connectivity index (χ0n) is 11.6. The van der Waals surface area contributed by atoms with E-state index in [1.165, 1.54) is 19.3 Å². The third-order valence-corrected chi connectivity index (χ3v) is 3.86. The van der Waals surface area contributed by atoms with Gasteiger partial charge in [0.2, 0.25) is 0 Å². The minimum Gasteiger partial charge on any atom is -0.465 e. The van der Waals surface area contributed by atoms with Crippen molar-refractivity contribution in [3.05, 3.63) is 0 Å². The van der Waals surface area contributed by atoms with Crippen LogP contribution in [0.1, 0.15) is 59.3 Å². The second kappa shape index (κ2) is 7.00. The molecule has 1 aliphatic carbocycles. The first-order valence-electron chi connectivity index (χ1n) is 7.07. The van der Waals surface area contributed by atoms with Crippen molar-refractivity contribution in [1.29, 1.82) is 0 Å². The lowest BCUT2D eigenvalue weighted by Crippen LogP contribution is -2.56. The van der Waals surface area contributed by atoms with E-state index in [1.807, 2.05) is 13.8 Å². The first-order chi connectivity index (χ1) is 8.15. The predicted molar refractivity (Wildman–Crippen MR) is 69.9 cm³/mol. The second-order valence-corrected chi connectivity index (χ2v) is 5.18. The number of rotatable bonds is 6. The topological polar surface area (TPSA) is 38.3 Å². The van der Waals surface area contributed by atoms with Gasteiger partial charge in [-0.3, -0.25) is 4.79 Å². The van der Waals surface area contributed by atoms with Gasteiger partial charge < -0.3 is 10.1 Å². The molecule has 1 N–H and O–H groups in total. The third-order valence-electron chi connectivity index (χ3n) is 3.86. The monoisotopic (exact) mass is 241 g/mol. The Morgan fingerprint density at radius 3 is 2.47 bits per heavy atom. The minimum atomic E-state index is -0.480. The largest absolute Gasteiger partial charge is 0.465 e. The highest BCUT2D eigenvalue weighted by Gasteiger charge is 2.42. The van der Waals surface area contributed by atoms with E-state index < -0.39 is 5.54 Å². The maximum Gasteiger partial charge on any atom is 0.326 e. The molecular formula is C14H27NO2. The van der Waals surface area contributed by atoms with Crippen molar-refractivity contribution in [2.24, 2.45) is 5.92 Å². The van der Waals surface area contributed by atoms with Crippen LogP contribution in [0.4, 0.5) is 0 Å². The molecule has 0 aliphatic heterocycles. The highest BCUT2D eigenvalue weighted by atomic mass is 16.5. The van der Waals surface area contributed by atoms with Crippen LogP contribution in [0.15, 0.2) is 0 Å². The summed E-state index contributed by atoms with van der Waals surface area (Å²) in [6.07, 6.45) is 7.13. The average Bonchev–Trinajstić information content (AvgIpc) is 2.37. The molecule has 0 aromatic rings. The van der Waals surface area contributed by atoms with Crippen LogP contribution in [0.2, 0.25) is 0 Å². The fourth-order valence-corrected chi connectivity index (χ4v) is 2.73. The third kappa shape index (κ3) is 3.70. The van der Waals surface area contributed by atoms with Crippen molar-refractivity contribution >= 4 is 5.97 Å². The molecule has 3 heteroatoms. The number of nitrogens with one attached hydrogen (secondary N) is 1. The molecule has 17 heavy (non-hydrogen) atoms. The first kappa shape index (κ1) is 14.5. The molecule has 0 radical (unpaired) electrons. The van der Waals surface area contributed by atoms with E-state index >= 15 is 0 Å². The molecular weight excluding hydrogens is 214 g/mol. The Balaban J connectivity index is 2.71. The van der Waals surface area contributed by atoms with Crippen LogP contribution >= 0.6 is 0 Å². The molecule has 1 aliphatic rings. The summed E-state index contributed by atoms with van der Waals surface area (Å²) >= 11 is 0. The lowest BCUT2D eigenvalue weighted by molar-refractivity contribution is -0.153. The van der Waals surface area contributed by atoms with Gasteiger partial charge in [0.1, 0.15) is 5.54 Å². The van der Waals surface area contributed by atoms with Crippen LogP contribution in [0.5, 0.6) is 0 Å². The van der Waals surface area contributed by atoms with Gasteiger partial charge in [0.25, 0.3) is 0 Å². The van der Waals surface area contributed by atoms with Crippen molar-refractivity contribution in [3.8, 4) is 0 Å². The van der Waals surface area contributed by atoms with E-state index in [-0.39, 0.29) is 5.97 Å². The second-order valence-electron chi connectivity index (χ2n) is 5.18. The molecule has 0 aromatic heterocycles. The van der Waals surface area contributed by atoms with Gasteiger partial charge in [-0.2, -0.15) is 0 Å². The fraction of sp³-hybridized carbons (Fsp3) is 0.929. The van der Waals surface area contributed by atoms with Crippen LogP contribution in [0, 0.1) is 5.92 Å². The highest BCUT2D eigenvalue weighted by Crippen LogP contribution is 2.33. The number of hydrogen-bond donors (Lipinski definition) is 1. The van der Waals surface area contributed by atoms with Crippen molar-refractivity contribution in [2.45, 2.75) is 64.8 Å². The molecule has 100 valence electrons. The maximum atomic E-state index is 12.2. The van der Waals surface area contributed by atoms with Crippen LogP contribution in [-0.4, -0.2) is 24.7 Å². The summed E-state index contributed by atoms with van der Waals surface area (Å²) in [5.74, 6) is 0.363. The van der Waals surface area contributed by atoms with Gasteiger partial charge in [0, 0.05) is 0 Å². The van der Waals surface area contributed by atoms with E-state index in [0.717, 1.165) is 25.8 Å². The molecule has 0 aromatic carbocycles. The van der Waals surface area contributed by atoms with Gasteiger partial charge in [-0.15, -0.1) is 0 Å². The Kier molecular flexibility index (Phi) is 5.96. The molecule has 1 rings (SSSR count). The van der Waals surface area contributed by atoms with Crippen molar-refractivity contribution in [2.75, 3.05) is 13.2 Å². The molecule has 3 nitrogen and oxygen atoms in total. The number of ether oxygens (including phenoxy) is 1. The van der Waals surface area contributed by atoms with Crippen molar-refractivity contribution < 1.29 is 9.53 Å². The summed E-state index contributed by atoms with van der Waals surface area (Å²) in [5, 5.41) is 3.43. The minimum absolute atomic E-state index is 0.0691. The molecule has 0 heterocycles. The zero-order chi connectivity index (χ0) is 12.7. The summed E-state index contributed by atoms with van der Waals surface area (Å²) in [6.45, 7) is 7.37. The molecule has 1 unspecified atom stereocenters. The van der Waals surface area contributed by atoms with E-state index in [0.29, 0.717) is 12.5 Å².